The summed E-state index contributed by atoms with van der Waals surface area (Å²) in [6, 6.07) is 3.70. The van der Waals surface area contributed by atoms with Crippen LogP contribution in [0, 0.1) is 0 Å². The molecule has 0 atom stereocenters. The Morgan fingerprint density at radius 3 is 3.00 bits per heavy atom. The summed E-state index contributed by atoms with van der Waals surface area (Å²) >= 11 is 1.06. The molecule has 0 bridgehead atoms. The standard InChI is InChI=1S/C10H11NO4S/c1-13-7-4-6(2-3-14-11)5-8-9(7)15-10(12)16-8/h4-5H,2-3,11H2,1H3. The van der Waals surface area contributed by atoms with E-state index in [1.54, 1.807) is 0 Å². The van der Waals surface area contributed by atoms with Crippen LogP contribution < -0.4 is 15.6 Å². The van der Waals surface area contributed by atoms with Crippen LogP contribution >= 0.6 is 11.3 Å². The number of fused-ring (bicyclic) bond motifs is 1. The molecular formula is C10H11NO4S. The molecule has 1 heterocycles. The first-order chi connectivity index (χ1) is 7.74. The lowest BCUT2D eigenvalue weighted by molar-refractivity contribution is 0.141. The van der Waals surface area contributed by atoms with Crippen molar-refractivity contribution in [2.24, 2.45) is 5.90 Å². The number of methoxy groups -OCH3 is 1. The minimum Gasteiger partial charge on any atom is -0.493 e. The van der Waals surface area contributed by atoms with Crippen LogP contribution in [0.25, 0.3) is 10.3 Å². The van der Waals surface area contributed by atoms with E-state index in [9.17, 15) is 4.79 Å². The minimum atomic E-state index is -0.333. The summed E-state index contributed by atoms with van der Waals surface area (Å²) in [4.78, 5) is 15.3. The molecule has 0 saturated heterocycles. The van der Waals surface area contributed by atoms with E-state index < -0.39 is 0 Å². The predicted molar refractivity (Wildman–Crippen MR) is 60.8 cm³/mol. The maximum absolute atomic E-state index is 11.1. The van der Waals surface area contributed by atoms with Gasteiger partial charge in [-0.1, -0.05) is 11.3 Å². The highest BCUT2D eigenvalue weighted by molar-refractivity contribution is 7.16. The maximum atomic E-state index is 11.1. The summed E-state index contributed by atoms with van der Waals surface area (Å²) in [6.45, 7) is 0.418. The van der Waals surface area contributed by atoms with Gasteiger partial charge in [-0.15, -0.1) is 0 Å². The topological polar surface area (TPSA) is 74.7 Å². The van der Waals surface area contributed by atoms with Gasteiger partial charge in [0, 0.05) is 0 Å². The van der Waals surface area contributed by atoms with Crippen LogP contribution in [0.3, 0.4) is 0 Å². The van der Waals surface area contributed by atoms with Gasteiger partial charge in [0.2, 0.25) is 0 Å². The summed E-state index contributed by atoms with van der Waals surface area (Å²) in [6.07, 6.45) is 0.662. The van der Waals surface area contributed by atoms with Crippen molar-refractivity contribution in [1.29, 1.82) is 0 Å². The van der Waals surface area contributed by atoms with Crippen molar-refractivity contribution in [3.8, 4) is 5.75 Å². The van der Waals surface area contributed by atoms with Gasteiger partial charge < -0.3 is 14.0 Å². The number of ether oxygens (including phenoxy) is 1. The van der Waals surface area contributed by atoms with Gasteiger partial charge in [0.15, 0.2) is 11.3 Å². The average molecular weight is 241 g/mol. The van der Waals surface area contributed by atoms with Gasteiger partial charge in [0.25, 0.3) is 0 Å². The van der Waals surface area contributed by atoms with Gasteiger partial charge in [-0.2, -0.15) is 0 Å². The van der Waals surface area contributed by atoms with Gasteiger partial charge in [0.05, 0.1) is 18.4 Å². The summed E-state index contributed by atoms with van der Waals surface area (Å²) in [5.41, 5.74) is 1.49. The molecule has 0 aliphatic carbocycles. The molecule has 16 heavy (non-hydrogen) atoms. The Hall–Kier alpha value is -1.37. The van der Waals surface area contributed by atoms with E-state index in [1.165, 1.54) is 7.11 Å². The molecule has 2 rings (SSSR count). The second-order valence-electron chi connectivity index (χ2n) is 3.20. The highest BCUT2D eigenvalue weighted by atomic mass is 32.1. The molecule has 0 fully saturated rings. The predicted octanol–water partition coefficient (Wildman–Crippen LogP) is 1.30. The molecule has 6 heteroatoms. The van der Waals surface area contributed by atoms with Crippen molar-refractivity contribution < 1.29 is 14.0 Å². The molecule has 2 N–H and O–H groups in total. The normalized spacial score (nSPS) is 10.9. The molecule has 0 aliphatic heterocycles. The summed E-state index contributed by atoms with van der Waals surface area (Å²) in [5.74, 6) is 5.52. The lowest BCUT2D eigenvalue weighted by Crippen LogP contribution is -2.03. The fourth-order valence-corrected chi connectivity index (χ4v) is 2.22. The van der Waals surface area contributed by atoms with E-state index in [-0.39, 0.29) is 4.94 Å². The van der Waals surface area contributed by atoms with Crippen LogP contribution in [0.4, 0.5) is 0 Å². The second-order valence-corrected chi connectivity index (χ2v) is 4.18. The Kier molecular flexibility index (Phi) is 3.23. The van der Waals surface area contributed by atoms with Crippen molar-refractivity contribution in [3.05, 3.63) is 27.4 Å². The number of hydrogen-bond donors (Lipinski definition) is 1. The van der Waals surface area contributed by atoms with E-state index >= 15 is 0 Å². The smallest absolute Gasteiger partial charge is 0.396 e. The largest absolute Gasteiger partial charge is 0.493 e. The number of rotatable bonds is 4. The van der Waals surface area contributed by atoms with Crippen LogP contribution in [0.15, 0.2) is 21.3 Å². The molecule has 0 unspecified atom stereocenters. The van der Waals surface area contributed by atoms with Gasteiger partial charge >= 0.3 is 4.94 Å². The van der Waals surface area contributed by atoms with Crippen molar-refractivity contribution >= 4 is 21.6 Å². The zero-order chi connectivity index (χ0) is 11.5. The molecule has 0 spiro atoms. The summed E-state index contributed by atoms with van der Waals surface area (Å²) in [7, 11) is 1.54. The van der Waals surface area contributed by atoms with Crippen molar-refractivity contribution in [2.75, 3.05) is 13.7 Å². The molecule has 5 nitrogen and oxygen atoms in total. The fourth-order valence-electron chi connectivity index (χ4n) is 1.47. The van der Waals surface area contributed by atoms with E-state index in [1.807, 2.05) is 12.1 Å². The molecule has 0 radical (unpaired) electrons. The third kappa shape index (κ3) is 2.08. The van der Waals surface area contributed by atoms with Crippen LogP contribution in [0.1, 0.15) is 5.56 Å². The molecular weight excluding hydrogens is 230 g/mol. The highest BCUT2D eigenvalue weighted by Gasteiger charge is 2.10. The van der Waals surface area contributed by atoms with Crippen LogP contribution in [0.2, 0.25) is 0 Å². The number of nitrogens with two attached hydrogens (primary N) is 1. The maximum Gasteiger partial charge on any atom is 0.396 e. The average Bonchev–Trinajstić information content (AvgIpc) is 2.65. The first-order valence-corrected chi connectivity index (χ1v) is 5.48. The zero-order valence-electron chi connectivity index (χ0n) is 8.69. The quantitative estimate of drug-likeness (QED) is 0.816. The first kappa shape index (κ1) is 11.1. The fraction of sp³-hybridized carbons (Fsp3) is 0.300. The van der Waals surface area contributed by atoms with Crippen molar-refractivity contribution in [2.45, 2.75) is 6.42 Å². The lowest BCUT2D eigenvalue weighted by Gasteiger charge is -2.04. The van der Waals surface area contributed by atoms with E-state index in [2.05, 4.69) is 4.84 Å². The number of hydrogen-bond acceptors (Lipinski definition) is 6. The molecule has 0 saturated carbocycles. The van der Waals surface area contributed by atoms with E-state index in [0.717, 1.165) is 21.6 Å². The Labute approximate surface area is 95.3 Å². The Morgan fingerprint density at radius 1 is 1.50 bits per heavy atom. The molecule has 2 aromatic rings. The van der Waals surface area contributed by atoms with Crippen molar-refractivity contribution in [1.82, 2.24) is 0 Å². The molecule has 1 aromatic heterocycles. The zero-order valence-corrected chi connectivity index (χ0v) is 9.50. The Bertz CT molecular complexity index is 545. The first-order valence-electron chi connectivity index (χ1n) is 4.67. The summed E-state index contributed by atoms with van der Waals surface area (Å²) in [5, 5.41) is 0. The lowest BCUT2D eigenvalue weighted by atomic mass is 10.1. The van der Waals surface area contributed by atoms with Crippen LogP contribution in [0.5, 0.6) is 5.75 Å². The van der Waals surface area contributed by atoms with Crippen molar-refractivity contribution in [3.63, 3.8) is 0 Å². The monoisotopic (exact) mass is 241 g/mol. The van der Waals surface area contributed by atoms with Gasteiger partial charge in [-0.3, -0.25) is 0 Å². The Morgan fingerprint density at radius 2 is 2.31 bits per heavy atom. The highest BCUT2D eigenvalue weighted by Crippen LogP contribution is 2.29. The molecule has 1 aromatic carbocycles. The van der Waals surface area contributed by atoms with E-state index in [4.69, 9.17) is 15.1 Å². The minimum absolute atomic E-state index is 0.333. The SMILES string of the molecule is COc1cc(CCON)cc2sc(=O)oc12. The van der Waals surface area contributed by atoms with Crippen LogP contribution in [-0.4, -0.2) is 13.7 Å². The van der Waals surface area contributed by atoms with E-state index in [0.29, 0.717) is 24.4 Å². The van der Waals surface area contributed by atoms with Gasteiger partial charge in [-0.05, 0) is 24.1 Å². The molecule has 0 aliphatic rings. The Balaban J connectivity index is 2.49. The summed E-state index contributed by atoms with van der Waals surface area (Å²) < 4.78 is 11.0. The molecule has 0 amide bonds. The van der Waals surface area contributed by atoms with Gasteiger partial charge in [-0.25, -0.2) is 10.7 Å². The second kappa shape index (κ2) is 4.65. The third-order valence-corrected chi connectivity index (χ3v) is 2.96. The van der Waals surface area contributed by atoms with Crippen LogP contribution in [-0.2, 0) is 11.3 Å². The number of benzene rings is 1. The van der Waals surface area contributed by atoms with Gasteiger partial charge in [0.1, 0.15) is 0 Å². The third-order valence-electron chi connectivity index (χ3n) is 2.19. The molecule has 86 valence electrons.